The Balaban J connectivity index is 2.15. The number of aryl methyl sites for hydroxylation is 1. The minimum Gasteiger partial charge on any atom is -0.345 e. The maximum absolute atomic E-state index is 12.2. The normalized spacial score (nSPS) is 21.2. The SMILES string of the molecule is Cn1cc(Cl)cc1C(=O)N1CCC[C@@H](N)C1. The molecule has 4 nitrogen and oxygen atoms in total. The van der Waals surface area contributed by atoms with Crippen molar-refractivity contribution >= 4 is 17.5 Å². The van der Waals surface area contributed by atoms with Crippen molar-refractivity contribution in [2.75, 3.05) is 13.1 Å². The van der Waals surface area contributed by atoms with Gasteiger partial charge in [-0.2, -0.15) is 0 Å². The largest absolute Gasteiger partial charge is 0.345 e. The summed E-state index contributed by atoms with van der Waals surface area (Å²) >= 11 is 5.86. The molecule has 0 spiro atoms. The fraction of sp³-hybridized carbons (Fsp3) is 0.545. The minimum atomic E-state index is 0.0181. The molecular weight excluding hydrogens is 226 g/mol. The van der Waals surface area contributed by atoms with Crippen molar-refractivity contribution in [3.05, 3.63) is 23.0 Å². The highest BCUT2D eigenvalue weighted by atomic mass is 35.5. The van der Waals surface area contributed by atoms with Gasteiger partial charge < -0.3 is 15.2 Å². The maximum atomic E-state index is 12.2. The van der Waals surface area contributed by atoms with E-state index in [2.05, 4.69) is 0 Å². The number of hydrogen-bond acceptors (Lipinski definition) is 2. The molecule has 1 aliphatic heterocycles. The van der Waals surface area contributed by atoms with E-state index < -0.39 is 0 Å². The van der Waals surface area contributed by atoms with E-state index in [0.29, 0.717) is 17.3 Å². The molecule has 0 saturated carbocycles. The second-order valence-electron chi connectivity index (χ2n) is 4.31. The van der Waals surface area contributed by atoms with Crippen LogP contribution in [-0.4, -0.2) is 34.5 Å². The predicted molar refractivity (Wildman–Crippen MR) is 63.5 cm³/mol. The van der Waals surface area contributed by atoms with Crippen molar-refractivity contribution < 1.29 is 4.79 Å². The van der Waals surface area contributed by atoms with E-state index in [9.17, 15) is 4.79 Å². The third-order valence-electron chi connectivity index (χ3n) is 2.94. The molecule has 2 rings (SSSR count). The monoisotopic (exact) mass is 241 g/mol. The molecule has 0 radical (unpaired) electrons. The highest BCUT2D eigenvalue weighted by Gasteiger charge is 2.24. The Hall–Kier alpha value is -1.00. The summed E-state index contributed by atoms with van der Waals surface area (Å²) in [5.74, 6) is 0.0181. The maximum Gasteiger partial charge on any atom is 0.270 e. The number of hydrogen-bond donors (Lipinski definition) is 1. The standard InChI is InChI=1S/C11H16ClN3O/c1-14-6-8(12)5-10(14)11(16)15-4-2-3-9(13)7-15/h5-6,9H,2-4,7,13H2,1H3/t9-/m1/s1. The van der Waals surface area contributed by atoms with Gasteiger partial charge in [-0.1, -0.05) is 11.6 Å². The molecular formula is C11H16ClN3O. The first-order chi connectivity index (χ1) is 7.58. The quantitative estimate of drug-likeness (QED) is 0.805. The van der Waals surface area contributed by atoms with Crippen molar-refractivity contribution in [2.45, 2.75) is 18.9 Å². The van der Waals surface area contributed by atoms with Gasteiger partial charge in [0.05, 0.1) is 5.02 Å². The molecule has 0 aliphatic carbocycles. The Morgan fingerprint density at radius 1 is 1.62 bits per heavy atom. The van der Waals surface area contributed by atoms with E-state index in [-0.39, 0.29) is 11.9 Å². The van der Waals surface area contributed by atoms with E-state index in [1.165, 1.54) is 0 Å². The summed E-state index contributed by atoms with van der Waals surface area (Å²) in [7, 11) is 1.82. The summed E-state index contributed by atoms with van der Waals surface area (Å²) in [6.45, 7) is 1.43. The van der Waals surface area contributed by atoms with Crippen LogP contribution in [0, 0.1) is 0 Å². The molecule has 2 heterocycles. The van der Waals surface area contributed by atoms with Crippen LogP contribution in [0.15, 0.2) is 12.3 Å². The average molecular weight is 242 g/mol. The van der Waals surface area contributed by atoms with Crippen LogP contribution in [-0.2, 0) is 7.05 Å². The van der Waals surface area contributed by atoms with Crippen LogP contribution in [0.4, 0.5) is 0 Å². The number of aromatic nitrogens is 1. The van der Waals surface area contributed by atoms with Gasteiger partial charge in [-0.15, -0.1) is 0 Å². The van der Waals surface area contributed by atoms with E-state index >= 15 is 0 Å². The van der Waals surface area contributed by atoms with Crippen LogP contribution in [0.2, 0.25) is 5.02 Å². The molecule has 1 atom stereocenters. The second-order valence-corrected chi connectivity index (χ2v) is 4.74. The molecule has 2 N–H and O–H groups in total. The highest BCUT2D eigenvalue weighted by Crippen LogP contribution is 2.17. The van der Waals surface area contributed by atoms with E-state index in [1.807, 2.05) is 7.05 Å². The van der Waals surface area contributed by atoms with Gasteiger partial charge >= 0.3 is 0 Å². The zero-order chi connectivity index (χ0) is 11.7. The van der Waals surface area contributed by atoms with Gasteiger partial charge in [0, 0.05) is 32.4 Å². The Labute approximate surface area is 100.0 Å². The Morgan fingerprint density at radius 2 is 2.38 bits per heavy atom. The molecule has 5 heteroatoms. The number of rotatable bonds is 1. The Bertz CT molecular complexity index is 402. The molecule has 0 aromatic carbocycles. The van der Waals surface area contributed by atoms with Gasteiger partial charge in [-0.3, -0.25) is 4.79 Å². The first-order valence-electron chi connectivity index (χ1n) is 5.44. The van der Waals surface area contributed by atoms with Gasteiger partial charge in [-0.05, 0) is 18.9 Å². The number of carbonyl (C=O) groups excluding carboxylic acids is 1. The third kappa shape index (κ3) is 2.23. The fourth-order valence-electron chi connectivity index (χ4n) is 2.09. The van der Waals surface area contributed by atoms with Crippen LogP contribution in [0.25, 0.3) is 0 Å². The minimum absolute atomic E-state index is 0.0181. The fourth-order valence-corrected chi connectivity index (χ4v) is 2.34. The summed E-state index contributed by atoms with van der Waals surface area (Å²) in [4.78, 5) is 14.0. The van der Waals surface area contributed by atoms with Crippen molar-refractivity contribution in [3.8, 4) is 0 Å². The number of nitrogens with zero attached hydrogens (tertiary/aromatic N) is 2. The smallest absolute Gasteiger partial charge is 0.270 e. The lowest BCUT2D eigenvalue weighted by Gasteiger charge is -2.30. The number of piperidine rings is 1. The molecule has 1 aromatic heterocycles. The Kier molecular flexibility index (Phi) is 3.21. The first kappa shape index (κ1) is 11.5. The summed E-state index contributed by atoms with van der Waals surface area (Å²) < 4.78 is 1.75. The topological polar surface area (TPSA) is 51.3 Å². The summed E-state index contributed by atoms with van der Waals surface area (Å²) in [6.07, 6.45) is 3.71. The first-order valence-corrected chi connectivity index (χ1v) is 5.82. The lowest BCUT2D eigenvalue weighted by molar-refractivity contribution is 0.0699. The van der Waals surface area contributed by atoms with E-state index in [0.717, 1.165) is 19.4 Å². The number of nitrogens with two attached hydrogens (primary N) is 1. The van der Waals surface area contributed by atoms with Crippen LogP contribution in [0.1, 0.15) is 23.3 Å². The lowest BCUT2D eigenvalue weighted by atomic mass is 10.1. The number of carbonyl (C=O) groups is 1. The molecule has 1 saturated heterocycles. The molecule has 0 unspecified atom stereocenters. The predicted octanol–water partition coefficient (Wildman–Crippen LogP) is 1.24. The van der Waals surface area contributed by atoms with Crippen molar-refractivity contribution in [3.63, 3.8) is 0 Å². The number of likely N-dealkylation sites (tertiary alicyclic amines) is 1. The second kappa shape index (κ2) is 4.47. The number of amides is 1. The zero-order valence-electron chi connectivity index (χ0n) is 9.32. The summed E-state index contributed by atoms with van der Waals surface area (Å²) in [5, 5.41) is 0.590. The molecule has 16 heavy (non-hydrogen) atoms. The molecule has 0 bridgehead atoms. The van der Waals surface area contributed by atoms with Crippen molar-refractivity contribution in [1.29, 1.82) is 0 Å². The van der Waals surface area contributed by atoms with Gasteiger partial charge in [0.15, 0.2) is 0 Å². The number of halogens is 1. The zero-order valence-corrected chi connectivity index (χ0v) is 10.1. The lowest BCUT2D eigenvalue weighted by Crippen LogP contribution is -2.46. The van der Waals surface area contributed by atoms with Crippen LogP contribution >= 0.6 is 11.6 Å². The van der Waals surface area contributed by atoms with Crippen molar-refractivity contribution in [1.82, 2.24) is 9.47 Å². The molecule has 1 aliphatic rings. The molecule has 88 valence electrons. The van der Waals surface area contributed by atoms with E-state index in [4.69, 9.17) is 17.3 Å². The summed E-state index contributed by atoms with van der Waals surface area (Å²) in [6, 6.07) is 1.80. The molecule has 1 fully saturated rings. The van der Waals surface area contributed by atoms with Crippen molar-refractivity contribution in [2.24, 2.45) is 12.8 Å². The Morgan fingerprint density at radius 3 is 2.94 bits per heavy atom. The van der Waals surface area contributed by atoms with Crippen LogP contribution in [0.5, 0.6) is 0 Å². The van der Waals surface area contributed by atoms with Gasteiger partial charge in [-0.25, -0.2) is 0 Å². The highest BCUT2D eigenvalue weighted by molar-refractivity contribution is 6.31. The third-order valence-corrected chi connectivity index (χ3v) is 3.14. The van der Waals surface area contributed by atoms with E-state index in [1.54, 1.807) is 21.7 Å². The molecule has 1 aromatic rings. The van der Waals surface area contributed by atoms with Crippen LogP contribution < -0.4 is 5.73 Å². The average Bonchev–Trinajstić information content (AvgIpc) is 2.57. The van der Waals surface area contributed by atoms with Gasteiger partial charge in [0.25, 0.3) is 5.91 Å². The van der Waals surface area contributed by atoms with Gasteiger partial charge in [0.1, 0.15) is 5.69 Å². The molecule has 1 amide bonds. The van der Waals surface area contributed by atoms with Crippen LogP contribution in [0.3, 0.4) is 0 Å². The summed E-state index contributed by atoms with van der Waals surface area (Å²) in [5.41, 5.74) is 6.48. The van der Waals surface area contributed by atoms with Gasteiger partial charge in [0.2, 0.25) is 0 Å².